The minimum Gasteiger partial charge on any atom is -0.406 e. The van der Waals surface area contributed by atoms with Crippen LogP contribution in [0.2, 0.25) is 0 Å². The lowest BCUT2D eigenvalue weighted by Crippen LogP contribution is -2.32. The molecule has 5 rings (SSSR count). The number of aliphatic imine (C=N–C) groups is 1. The number of thiocarbonyl (C=S) groups is 1. The van der Waals surface area contributed by atoms with Crippen molar-refractivity contribution in [2.45, 2.75) is 33.1 Å². The summed E-state index contributed by atoms with van der Waals surface area (Å²) in [5.74, 6) is 0.504. The molecule has 1 N–H and O–H groups in total. The fourth-order valence-corrected chi connectivity index (χ4v) is 5.86. The summed E-state index contributed by atoms with van der Waals surface area (Å²) in [6.45, 7) is 6.13. The van der Waals surface area contributed by atoms with Gasteiger partial charge in [0.15, 0.2) is 16.1 Å². The van der Waals surface area contributed by atoms with E-state index in [9.17, 15) is 18.0 Å². The van der Waals surface area contributed by atoms with Crippen LogP contribution in [0, 0.1) is 6.92 Å². The lowest BCUT2D eigenvalue weighted by Gasteiger charge is -2.22. The molecule has 1 fully saturated rings. The Balaban J connectivity index is 1.25. The SMILES string of the molecule is Cc1ccc(C(C)C)c(N2C(=O)CS/C2=N\C(=S)N/C(Cl)=C/c2ccc(-c3ncn(-c4ccc(OC(F)(F)F)cc4)n3)cc2)c1. The molecular formula is C31H26ClF3N6O2S2. The summed E-state index contributed by atoms with van der Waals surface area (Å²) in [7, 11) is 0. The van der Waals surface area contributed by atoms with Crippen LogP contribution in [0.25, 0.3) is 23.2 Å². The first-order valence-electron chi connectivity index (χ1n) is 13.6. The third kappa shape index (κ3) is 8.10. The summed E-state index contributed by atoms with van der Waals surface area (Å²) in [4.78, 5) is 23.3. The van der Waals surface area contributed by atoms with Gasteiger partial charge in [0.2, 0.25) is 5.91 Å². The van der Waals surface area contributed by atoms with Crippen molar-refractivity contribution in [3.05, 3.63) is 94.9 Å². The van der Waals surface area contributed by atoms with Gasteiger partial charge in [-0.15, -0.1) is 18.3 Å². The molecule has 45 heavy (non-hydrogen) atoms. The van der Waals surface area contributed by atoms with Crippen molar-refractivity contribution in [1.82, 2.24) is 20.1 Å². The number of halogens is 4. The maximum Gasteiger partial charge on any atom is 0.573 e. The lowest BCUT2D eigenvalue weighted by atomic mass is 9.99. The third-order valence-corrected chi connectivity index (χ3v) is 7.85. The summed E-state index contributed by atoms with van der Waals surface area (Å²) in [6.07, 6.45) is -1.62. The summed E-state index contributed by atoms with van der Waals surface area (Å²) in [6, 6.07) is 18.6. The molecule has 0 saturated carbocycles. The quantitative estimate of drug-likeness (QED) is 0.159. The maximum atomic E-state index is 12.8. The maximum absolute atomic E-state index is 12.8. The van der Waals surface area contributed by atoms with Gasteiger partial charge in [0, 0.05) is 5.56 Å². The number of hydrogen-bond acceptors (Lipinski definition) is 6. The third-order valence-electron chi connectivity index (χ3n) is 6.53. The highest BCUT2D eigenvalue weighted by Crippen LogP contribution is 2.34. The van der Waals surface area contributed by atoms with Gasteiger partial charge < -0.3 is 10.1 Å². The molecule has 0 atom stereocenters. The number of hydrogen-bond donors (Lipinski definition) is 1. The lowest BCUT2D eigenvalue weighted by molar-refractivity contribution is -0.274. The van der Waals surface area contributed by atoms with E-state index >= 15 is 0 Å². The molecule has 1 saturated heterocycles. The standard InChI is InChI=1S/C31H26ClF3N6O2S2/c1-18(2)24-13-4-19(3)14-25(24)41-27(42)16-45-30(41)38-29(44)37-26(32)15-20-5-7-21(8-6-20)28-36-17-40(39-28)22-9-11-23(12-10-22)43-31(33,34)35/h4-15,17-18H,16H2,1-3H3,(H,37,44)/b26-15+,38-30-. The average Bonchev–Trinajstić information content (AvgIpc) is 3.60. The molecule has 1 amide bonds. The monoisotopic (exact) mass is 670 g/mol. The number of benzene rings is 3. The van der Waals surface area contributed by atoms with Gasteiger partial charge >= 0.3 is 6.36 Å². The van der Waals surface area contributed by atoms with Gasteiger partial charge in [0.25, 0.3) is 0 Å². The summed E-state index contributed by atoms with van der Waals surface area (Å²) in [5.41, 5.74) is 4.88. The van der Waals surface area contributed by atoms with E-state index in [2.05, 4.69) is 39.0 Å². The number of rotatable bonds is 7. The van der Waals surface area contributed by atoms with Gasteiger partial charge in [-0.1, -0.05) is 73.6 Å². The highest BCUT2D eigenvalue weighted by molar-refractivity contribution is 8.15. The second-order valence-electron chi connectivity index (χ2n) is 10.2. The summed E-state index contributed by atoms with van der Waals surface area (Å²) < 4.78 is 42.6. The van der Waals surface area contributed by atoms with E-state index in [0.29, 0.717) is 22.2 Å². The molecule has 3 aromatic carbocycles. The molecule has 0 radical (unpaired) electrons. The minimum atomic E-state index is -4.76. The smallest absolute Gasteiger partial charge is 0.406 e. The predicted octanol–water partition coefficient (Wildman–Crippen LogP) is 7.81. The van der Waals surface area contributed by atoms with Crippen LogP contribution in [-0.4, -0.2) is 43.1 Å². The normalized spacial score (nSPS) is 14.8. The predicted molar refractivity (Wildman–Crippen MR) is 176 cm³/mol. The zero-order chi connectivity index (χ0) is 32.3. The molecule has 14 heteroatoms. The van der Waals surface area contributed by atoms with E-state index in [1.807, 2.05) is 37.3 Å². The Morgan fingerprint density at radius 2 is 1.84 bits per heavy atom. The molecule has 2 heterocycles. The van der Waals surface area contributed by atoms with Gasteiger partial charge in [0.1, 0.15) is 17.2 Å². The zero-order valence-electron chi connectivity index (χ0n) is 24.2. The number of ether oxygens (including phenoxy) is 1. The van der Waals surface area contributed by atoms with Crippen LogP contribution in [0.4, 0.5) is 18.9 Å². The molecule has 1 aliphatic heterocycles. The van der Waals surface area contributed by atoms with Crippen LogP contribution in [0.15, 0.2) is 83.2 Å². The fraction of sp³-hybridized carbons (Fsp3) is 0.194. The van der Waals surface area contributed by atoms with Crippen molar-refractivity contribution in [3.8, 4) is 22.8 Å². The zero-order valence-corrected chi connectivity index (χ0v) is 26.6. The molecule has 0 unspecified atom stereocenters. The number of carbonyl (C=O) groups is 1. The average molecular weight is 671 g/mol. The molecule has 1 aromatic heterocycles. The van der Waals surface area contributed by atoms with E-state index in [1.165, 1.54) is 47.0 Å². The van der Waals surface area contributed by atoms with Gasteiger partial charge in [-0.2, -0.15) is 4.99 Å². The second-order valence-corrected chi connectivity index (χ2v) is 12.0. The van der Waals surface area contributed by atoms with E-state index < -0.39 is 6.36 Å². The highest BCUT2D eigenvalue weighted by atomic mass is 35.5. The van der Waals surface area contributed by atoms with Crippen molar-refractivity contribution in [3.63, 3.8) is 0 Å². The fourth-order valence-electron chi connectivity index (χ4n) is 4.47. The topological polar surface area (TPSA) is 84.6 Å². The van der Waals surface area contributed by atoms with Crippen LogP contribution in [0.5, 0.6) is 5.75 Å². The van der Waals surface area contributed by atoms with Gasteiger partial charge in [-0.25, -0.2) is 9.67 Å². The number of aromatic nitrogens is 3. The number of nitrogens with zero attached hydrogens (tertiary/aromatic N) is 5. The molecule has 0 bridgehead atoms. The number of alkyl halides is 3. The Labute approximate surface area is 272 Å². The Bertz CT molecular complexity index is 1790. The largest absolute Gasteiger partial charge is 0.573 e. The molecule has 4 aromatic rings. The Morgan fingerprint density at radius 3 is 2.51 bits per heavy atom. The van der Waals surface area contributed by atoms with Crippen molar-refractivity contribution >= 4 is 63.5 Å². The molecule has 8 nitrogen and oxygen atoms in total. The number of amidine groups is 1. The van der Waals surface area contributed by atoms with Crippen molar-refractivity contribution in [2.24, 2.45) is 4.99 Å². The van der Waals surface area contributed by atoms with Gasteiger partial charge in [-0.05, 0) is 78.2 Å². The van der Waals surface area contributed by atoms with E-state index in [4.69, 9.17) is 23.8 Å². The van der Waals surface area contributed by atoms with E-state index in [0.717, 1.165) is 22.4 Å². The van der Waals surface area contributed by atoms with E-state index in [-0.39, 0.29) is 33.6 Å². The molecule has 1 aliphatic rings. The Morgan fingerprint density at radius 1 is 1.13 bits per heavy atom. The van der Waals surface area contributed by atoms with E-state index in [1.54, 1.807) is 23.1 Å². The van der Waals surface area contributed by atoms with Crippen molar-refractivity contribution < 1.29 is 22.7 Å². The van der Waals surface area contributed by atoms with Crippen LogP contribution in [0.3, 0.4) is 0 Å². The van der Waals surface area contributed by atoms with Crippen molar-refractivity contribution in [2.75, 3.05) is 10.7 Å². The minimum absolute atomic E-state index is 0.0662. The number of carbonyl (C=O) groups excluding carboxylic acids is 1. The summed E-state index contributed by atoms with van der Waals surface area (Å²) >= 11 is 13.2. The molecular weight excluding hydrogens is 645 g/mol. The first-order valence-corrected chi connectivity index (χ1v) is 15.3. The summed E-state index contributed by atoms with van der Waals surface area (Å²) in [5, 5.41) is 8.14. The number of thioether (sulfide) groups is 1. The van der Waals surface area contributed by atoms with Crippen LogP contribution in [-0.2, 0) is 4.79 Å². The molecule has 232 valence electrons. The molecule has 0 spiro atoms. The Hall–Kier alpha value is -4.20. The first kappa shape index (κ1) is 32.2. The number of amides is 1. The van der Waals surface area contributed by atoms with Crippen molar-refractivity contribution in [1.29, 1.82) is 0 Å². The highest BCUT2D eigenvalue weighted by Gasteiger charge is 2.32. The Kier molecular flexibility index (Phi) is 9.61. The first-order chi connectivity index (χ1) is 21.4. The number of aryl methyl sites for hydroxylation is 1. The number of nitrogens with one attached hydrogen (secondary N) is 1. The molecule has 0 aliphatic carbocycles. The van der Waals surface area contributed by atoms with Gasteiger partial charge in [-0.3, -0.25) is 9.69 Å². The van der Waals surface area contributed by atoms with Gasteiger partial charge in [0.05, 0.1) is 17.1 Å². The van der Waals surface area contributed by atoms with Crippen LogP contribution < -0.4 is 15.0 Å². The number of anilines is 1. The second kappa shape index (κ2) is 13.4. The van der Waals surface area contributed by atoms with Crippen LogP contribution in [0.1, 0.15) is 36.5 Å². The van der Waals surface area contributed by atoms with Crippen LogP contribution >= 0.6 is 35.6 Å².